The Balaban J connectivity index is 1.73. The first-order chi connectivity index (χ1) is 16.0. The maximum Gasteiger partial charge on any atom is 0.249 e. The minimum Gasteiger partial charge on any atom is -0.415 e. The fourth-order valence-electron chi connectivity index (χ4n) is 4.41. The number of nitrogens with zero attached hydrogens (tertiary/aromatic N) is 1. The van der Waals surface area contributed by atoms with Crippen LogP contribution in [0.4, 0.5) is 0 Å². The van der Waals surface area contributed by atoms with Gasteiger partial charge in [-0.3, -0.25) is 4.79 Å². The summed E-state index contributed by atoms with van der Waals surface area (Å²) in [5.41, 5.74) is 1.96. The zero-order valence-corrected chi connectivity index (χ0v) is 23.2. The average molecular weight is 521 g/mol. The van der Waals surface area contributed by atoms with Gasteiger partial charge in [0.15, 0.2) is 8.32 Å². The van der Waals surface area contributed by atoms with Gasteiger partial charge >= 0.3 is 0 Å². The maximum atomic E-state index is 13.5. The summed E-state index contributed by atoms with van der Waals surface area (Å²) >= 11 is 12.6. The van der Waals surface area contributed by atoms with Crippen LogP contribution in [-0.2, 0) is 14.0 Å². The van der Waals surface area contributed by atoms with Crippen molar-refractivity contribution >= 4 is 37.4 Å². The second-order valence-corrected chi connectivity index (χ2v) is 16.7. The van der Waals surface area contributed by atoms with Crippen LogP contribution in [0.5, 0.6) is 0 Å². The Morgan fingerprint density at radius 2 is 1.74 bits per heavy atom. The highest BCUT2D eigenvalue weighted by molar-refractivity contribution is 6.74. The largest absolute Gasteiger partial charge is 0.415 e. The van der Waals surface area contributed by atoms with Crippen molar-refractivity contribution < 1.29 is 14.0 Å². The third kappa shape index (κ3) is 5.55. The lowest BCUT2D eigenvalue weighted by molar-refractivity contribution is -0.165. The van der Waals surface area contributed by atoms with Gasteiger partial charge in [0.25, 0.3) is 0 Å². The van der Waals surface area contributed by atoms with E-state index in [4.69, 9.17) is 32.4 Å². The average Bonchev–Trinajstić information content (AvgIpc) is 3.60. The van der Waals surface area contributed by atoms with E-state index in [1.54, 1.807) is 0 Å². The fourth-order valence-corrected chi connectivity index (χ4v) is 5.76. The Labute approximate surface area is 214 Å². The van der Waals surface area contributed by atoms with Crippen molar-refractivity contribution in [2.75, 3.05) is 13.2 Å². The molecule has 2 unspecified atom stereocenters. The van der Waals surface area contributed by atoms with Crippen molar-refractivity contribution in [1.82, 2.24) is 4.90 Å². The monoisotopic (exact) mass is 519 g/mol. The van der Waals surface area contributed by atoms with Gasteiger partial charge in [-0.05, 0) is 72.3 Å². The van der Waals surface area contributed by atoms with Crippen molar-refractivity contribution in [3.63, 3.8) is 0 Å². The molecule has 4 rings (SSSR count). The van der Waals surface area contributed by atoms with Crippen LogP contribution < -0.4 is 0 Å². The van der Waals surface area contributed by atoms with Gasteiger partial charge in [-0.2, -0.15) is 0 Å². The number of morpholine rings is 1. The van der Waals surface area contributed by atoms with Crippen molar-refractivity contribution in [2.45, 2.75) is 69.9 Å². The van der Waals surface area contributed by atoms with E-state index in [1.807, 2.05) is 48.5 Å². The van der Waals surface area contributed by atoms with Crippen molar-refractivity contribution in [2.24, 2.45) is 5.92 Å². The van der Waals surface area contributed by atoms with E-state index < -0.39 is 8.32 Å². The number of hydrogen-bond acceptors (Lipinski definition) is 3. The molecule has 1 heterocycles. The van der Waals surface area contributed by atoms with Gasteiger partial charge < -0.3 is 14.1 Å². The number of benzene rings is 2. The Morgan fingerprint density at radius 1 is 1.06 bits per heavy atom. The molecule has 1 aliphatic heterocycles. The summed E-state index contributed by atoms with van der Waals surface area (Å²) in [6.07, 6.45) is 1.91. The smallest absolute Gasteiger partial charge is 0.249 e. The van der Waals surface area contributed by atoms with Crippen LogP contribution in [-0.4, -0.2) is 38.4 Å². The molecule has 34 heavy (non-hydrogen) atoms. The molecule has 1 amide bonds. The van der Waals surface area contributed by atoms with Gasteiger partial charge in [0.05, 0.1) is 18.7 Å². The minimum absolute atomic E-state index is 0.00730. The van der Waals surface area contributed by atoms with Crippen LogP contribution in [0.15, 0.2) is 48.5 Å². The number of hydrogen-bond donors (Lipinski definition) is 0. The van der Waals surface area contributed by atoms with Crippen LogP contribution in [0, 0.1) is 5.92 Å². The molecule has 0 radical (unpaired) electrons. The van der Waals surface area contributed by atoms with E-state index in [0.29, 0.717) is 22.6 Å². The Hall–Kier alpha value is -1.37. The van der Waals surface area contributed by atoms with Crippen molar-refractivity contribution in [1.29, 1.82) is 0 Å². The molecular weight excluding hydrogens is 485 g/mol. The highest BCUT2D eigenvalue weighted by Gasteiger charge is 2.48. The van der Waals surface area contributed by atoms with Crippen LogP contribution in [0.2, 0.25) is 28.2 Å². The standard InChI is InChI=1S/C27H35Cl2NO3Si/c1-27(2,3)34(4,5)33-16-23(18-9-10-18)30-24(31)17-32-26(20-7-6-8-22(29)15-20)25(30)19-11-13-21(28)14-12-19/h6-8,11-15,18,23,25-26H,9-10,16-17H2,1-5H3/t23?,25?,26-/m1/s1. The van der Waals surface area contributed by atoms with Crippen molar-refractivity contribution in [3.8, 4) is 0 Å². The number of ether oxygens (including phenoxy) is 1. The lowest BCUT2D eigenvalue weighted by Crippen LogP contribution is -2.54. The van der Waals surface area contributed by atoms with Crippen LogP contribution in [0.25, 0.3) is 0 Å². The first-order valence-electron chi connectivity index (χ1n) is 12.1. The summed E-state index contributed by atoms with van der Waals surface area (Å²) < 4.78 is 12.9. The van der Waals surface area contributed by atoms with Crippen molar-refractivity contribution in [3.05, 3.63) is 69.7 Å². The number of halogens is 2. The Morgan fingerprint density at radius 3 is 2.32 bits per heavy atom. The third-order valence-electron chi connectivity index (χ3n) is 7.59. The molecule has 0 N–H and O–H groups in total. The van der Waals surface area contributed by atoms with Gasteiger partial charge in [-0.25, -0.2) is 0 Å². The van der Waals surface area contributed by atoms with E-state index in [-0.39, 0.29) is 35.7 Å². The summed E-state index contributed by atoms with van der Waals surface area (Å²) in [4.78, 5) is 15.5. The SMILES string of the molecule is CC(C)(C)[Si](C)(C)OCC(C1CC1)N1C(=O)CO[C@H](c2cccc(Cl)c2)C1c1ccc(Cl)cc1. The van der Waals surface area contributed by atoms with E-state index >= 15 is 0 Å². The Bertz CT molecular complexity index is 1020. The minimum atomic E-state index is -1.97. The summed E-state index contributed by atoms with van der Waals surface area (Å²) in [6.45, 7) is 11.9. The predicted molar refractivity (Wildman–Crippen MR) is 141 cm³/mol. The quantitative estimate of drug-likeness (QED) is 0.356. The number of carbonyl (C=O) groups is 1. The number of carbonyl (C=O) groups excluding carboxylic acids is 1. The molecule has 2 aliphatic rings. The molecule has 2 aromatic carbocycles. The molecule has 7 heteroatoms. The Kier molecular flexibility index (Phi) is 7.52. The number of rotatable bonds is 7. The molecule has 0 aromatic heterocycles. The third-order valence-corrected chi connectivity index (χ3v) is 12.6. The highest BCUT2D eigenvalue weighted by atomic mass is 35.5. The van der Waals surface area contributed by atoms with Gasteiger partial charge in [0, 0.05) is 10.0 Å². The van der Waals surface area contributed by atoms with Crippen LogP contribution in [0.1, 0.15) is 56.9 Å². The van der Waals surface area contributed by atoms with Crippen LogP contribution >= 0.6 is 23.2 Å². The molecule has 0 bridgehead atoms. The van der Waals surface area contributed by atoms with Gasteiger partial charge in [-0.15, -0.1) is 0 Å². The van der Waals surface area contributed by atoms with E-state index in [2.05, 4.69) is 38.8 Å². The summed E-state index contributed by atoms with van der Waals surface area (Å²) in [5, 5.41) is 1.42. The molecule has 2 fully saturated rings. The molecular formula is C27H35Cl2NO3Si. The first kappa shape index (κ1) is 25.7. The zero-order valence-electron chi connectivity index (χ0n) is 20.7. The van der Waals surface area contributed by atoms with Gasteiger partial charge in [-0.1, -0.05) is 68.2 Å². The summed E-state index contributed by atoms with van der Waals surface area (Å²) in [6, 6.07) is 15.2. The first-order valence-corrected chi connectivity index (χ1v) is 15.7. The second-order valence-electron chi connectivity index (χ2n) is 11.1. The fraction of sp³-hybridized carbons (Fsp3) is 0.519. The van der Waals surface area contributed by atoms with Gasteiger partial charge in [0.1, 0.15) is 12.7 Å². The normalized spacial score (nSPS) is 22.7. The molecule has 0 spiro atoms. The second kappa shape index (κ2) is 9.94. The van der Waals surface area contributed by atoms with E-state index in [0.717, 1.165) is 24.0 Å². The zero-order chi connectivity index (χ0) is 24.7. The molecule has 184 valence electrons. The molecule has 1 saturated heterocycles. The maximum absolute atomic E-state index is 13.5. The number of amides is 1. The van der Waals surface area contributed by atoms with E-state index in [1.165, 1.54) is 0 Å². The van der Waals surface area contributed by atoms with Crippen LogP contribution in [0.3, 0.4) is 0 Å². The lowest BCUT2D eigenvalue weighted by atomic mass is 9.91. The topological polar surface area (TPSA) is 38.8 Å². The molecule has 4 nitrogen and oxygen atoms in total. The van der Waals surface area contributed by atoms with E-state index in [9.17, 15) is 4.79 Å². The summed E-state index contributed by atoms with van der Waals surface area (Å²) in [7, 11) is -1.97. The molecule has 3 atom stereocenters. The summed E-state index contributed by atoms with van der Waals surface area (Å²) in [5.74, 6) is 0.454. The predicted octanol–water partition coefficient (Wildman–Crippen LogP) is 7.44. The molecule has 2 aromatic rings. The lowest BCUT2D eigenvalue weighted by Gasteiger charge is -2.47. The van der Waals surface area contributed by atoms with Gasteiger partial charge in [0.2, 0.25) is 5.91 Å². The molecule has 1 aliphatic carbocycles. The molecule has 1 saturated carbocycles. The highest BCUT2D eigenvalue weighted by Crippen LogP contribution is 2.47.